The monoisotopic (exact) mass is 431 g/mol. The number of amides is 1. The van der Waals surface area contributed by atoms with Crippen LogP contribution < -0.4 is 14.8 Å². The van der Waals surface area contributed by atoms with Crippen LogP contribution in [0.15, 0.2) is 36.4 Å². The lowest BCUT2D eigenvalue weighted by molar-refractivity contribution is -0.116. The molecule has 0 aliphatic carbocycles. The third kappa shape index (κ3) is 5.51. The number of rotatable bonds is 7. The van der Waals surface area contributed by atoms with Gasteiger partial charge >= 0.3 is 5.97 Å². The molecule has 0 saturated heterocycles. The molecule has 2 aromatic carbocycles. The Morgan fingerprint density at radius 1 is 1.07 bits per heavy atom. The zero-order valence-corrected chi connectivity index (χ0v) is 17.5. The highest BCUT2D eigenvalue weighted by molar-refractivity contribution is 6.32. The van der Waals surface area contributed by atoms with Crippen molar-refractivity contribution in [1.29, 1.82) is 0 Å². The van der Waals surface area contributed by atoms with Crippen LogP contribution in [0.4, 0.5) is 5.69 Å². The zero-order valence-electron chi connectivity index (χ0n) is 16.7. The van der Waals surface area contributed by atoms with Crippen molar-refractivity contribution in [3.05, 3.63) is 52.5 Å². The van der Waals surface area contributed by atoms with Crippen LogP contribution in [-0.2, 0) is 9.53 Å². The lowest BCUT2D eigenvalue weighted by Gasteiger charge is -2.19. The molecule has 1 heterocycles. The second-order valence-corrected chi connectivity index (χ2v) is 7.61. The van der Waals surface area contributed by atoms with E-state index in [4.69, 9.17) is 25.8 Å². The average molecular weight is 432 g/mol. The fourth-order valence-electron chi connectivity index (χ4n) is 2.85. The van der Waals surface area contributed by atoms with Gasteiger partial charge in [-0.3, -0.25) is 9.59 Å². The molecule has 0 bridgehead atoms. The minimum absolute atomic E-state index is 0.0869. The average Bonchev–Trinajstić information content (AvgIpc) is 2.71. The van der Waals surface area contributed by atoms with Crippen LogP contribution in [0.2, 0.25) is 5.02 Å². The molecule has 8 heteroatoms. The number of fused-ring (bicyclic) bond motifs is 1. The van der Waals surface area contributed by atoms with E-state index in [1.54, 1.807) is 24.3 Å². The molecule has 0 spiro atoms. The molecule has 0 saturated carbocycles. The van der Waals surface area contributed by atoms with Crippen molar-refractivity contribution in [3.8, 4) is 11.5 Å². The molecule has 0 unspecified atom stereocenters. The topological polar surface area (TPSA) is 90.9 Å². The third-order valence-corrected chi connectivity index (χ3v) is 4.53. The van der Waals surface area contributed by atoms with Gasteiger partial charge in [0.25, 0.3) is 0 Å². The number of ketones is 1. The van der Waals surface area contributed by atoms with E-state index in [1.807, 2.05) is 13.8 Å². The van der Waals surface area contributed by atoms with E-state index in [0.29, 0.717) is 42.4 Å². The first-order valence-electron chi connectivity index (χ1n) is 9.53. The van der Waals surface area contributed by atoms with Gasteiger partial charge in [0, 0.05) is 17.7 Å². The lowest BCUT2D eigenvalue weighted by atomic mass is 10.1. The van der Waals surface area contributed by atoms with Crippen LogP contribution >= 0.6 is 11.6 Å². The number of Topliss-reactive ketones (excluding diaryl/α,β-unsaturated/α-hetero) is 1. The predicted molar refractivity (Wildman–Crippen MR) is 112 cm³/mol. The summed E-state index contributed by atoms with van der Waals surface area (Å²) in [6, 6.07) is 9.30. The van der Waals surface area contributed by atoms with Gasteiger partial charge in [-0.1, -0.05) is 25.4 Å². The SMILES string of the molecule is CC(C)CC(=O)Nc1ccc(C(=O)COC(=O)c2cc(Cl)c3c(c2)OCCO3)cc1. The Balaban J connectivity index is 1.57. The molecule has 7 nitrogen and oxygen atoms in total. The number of hydrogen-bond acceptors (Lipinski definition) is 6. The summed E-state index contributed by atoms with van der Waals surface area (Å²) in [4.78, 5) is 36.4. The second kappa shape index (κ2) is 9.63. The standard InChI is InChI=1S/C22H22ClNO6/c1-13(2)9-20(26)24-16-5-3-14(4-6-16)18(25)12-30-22(27)15-10-17(23)21-19(11-15)28-7-8-29-21/h3-6,10-11,13H,7-9,12H2,1-2H3,(H,24,26). The van der Waals surface area contributed by atoms with E-state index in [-0.39, 0.29) is 28.2 Å². The quantitative estimate of drug-likeness (QED) is 0.523. The zero-order chi connectivity index (χ0) is 21.7. The number of nitrogens with one attached hydrogen (secondary N) is 1. The molecule has 2 aromatic rings. The summed E-state index contributed by atoms with van der Waals surface area (Å²) in [5, 5.41) is 3.01. The Morgan fingerprint density at radius 3 is 2.47 bits per heavy atom. The van der Waals surface area contributed by atoms with Crippen LogP contribution in [0, 0.1) is 5.92 Å². The van der Waals surface area contributed by atoms with Gasteiger partial charge in [0.15, 0.2) is 23.9 Å². The molecule has 158 valence electrons. The first-order valence-corrected chi connectivity index (χ1v) is 9.90. The fourth-order valence-corrected chi connectivity index (χ4v) is 3.11. The minimum atomic E-state index is -0.695. The molecular weight excluding hydrogens is 410 g/mol. The number of carbonyl (C=O) groups is 3. The van der Waals surface area contributed by atoms with E-state index in [9.17, 15) is 14.4 Å². The number of carbonyl (C=O) groups excluding carboxylic acids is 3. The summed E-state index contributed by atoms with van der Waals surface area (Å²) in [6.45, 7) is 4.23. The lowest BCUT2D eigenvalue weighted by Crippen LogP contribution is -2.18. The second-order valence-electron chi connectivity index (χ2n) is 7.21. The molecule has 0 fully saturated rings. The normalized spacial score (nSPS) is 12.4. The summed E-state index contributed by atoms with van der Waals surface area (Å²) in [6.07, 6.45) is 0.417. The first kappa shape index (κ1) is 21.6. The van der Waals surface area contributed by atoms with Gasteiger partial charge < -0.3 is 19.5 Å². The maximum absolute atomic E-state index is 12.3. The van der Waals surface area contributed by atoms with Gasteiger partial charge in [-0.15, -0.1) is 0 Å². The molecule has 1 amide bonds. The molecule has 1 aliphatic rings. The van der Waals surface area contributed by atoms with Crippen molar-refractivity contribution < 1.29 is 28.6 Å². The third-order valence-electron chi connectivity index (χ3n) is 4.25. The van der Waals surface area contributed by atoms with Crippen molar-refractivity contribution >= 4 is 34.9 Å². The smallest absolute Gasteiger partial charge is 0.338 e. The van der Waals surface area contributed by atoms with Gasteiger partial charge in [-0.05, 0) is 42.3 Å². The van der Waals surface area contributed by atoms with Crippen LogP contribution in [0.5, 0.6) is 11.5 Å². The molecule has 0 atom stereocenters. The van der Waals surface area contributed by atoms with Gasteiger partial charge in [0.2, 0.25) is 5.91 Å². The first-order chi connectivity index (χ1) is 14.3. The molecule has 0 aromatic heterocycles. The number of anilines is 1. The maximum Gasteiger partial charge on any atom is 0.338 e. The molecule has 0 radical (unpaired) electrons. The number of benzene rings is 2. The maximum atomic E-state index is 12.3. The van der Waals surface area contributed by atoms with E-state index in [1.165, 1.54) is 12.1 Å². The highest BCUT2D eigenvalue weighted by atomic mass is 35.5. The number of hydrogen-bond donors (Lipinski definition) is 1. The molecular formula is C22H22ClNO6. The Labute approximate surface area is 179 Å². The highest BCUT2D eigenvalue weighted by Gasteiger charge is 2.20. The van der Waals surface area contributed by atoms with Crippen molar-refractivity contribution in [2.24, 2.45) is 5.92 Å². The van der Waals surface area contributed by atoms with Crippen LogP contribution in [0.3, 0.4) is 0 Å². The van der Waals surface area contributed by atoms with Crippen molar-refractivity contribution in [2.45, 2.75) is 20.3 Å². The Hall–Kier alpha value is -3.06. The minimum Gasteiger partial charge on any atom is -0.486 e. The van der Waals surface area contributed by atoms with Gasteiger partial charge in [-0.25, -0.2) is 4.79 Å². The summed E-state index contributed by atoms with van der Waals surface area (Å²) < 4.78 is 16.0. The Morgan fingerprint density at radius 2 is 1.77 bits per heavy atom. The van der Waals surface area contributed by atoms with Crippen molar-refractivity contribution in [1.82, 2.24) is 0 Å². The Kier molecular flexibility index (Phi) is 6.95. The highest BCUT2D eigenvalue weighted by Crippen LogP contribution is 2.38. The summed E-state index contributed by atoms with van der Waals surface area (Å²) in [5.74, 6) is -0.147. The number of esters is 1. The predicted octanol–water partition coefficient (Wildman–Crippen LogP) is 4.14. The molecule has 1 N–H and O–H groups in total. The van der Waals surface area contributed by atoms with Gasteiger partial charge in [0.1, 0.15) is 13.2 Å². The van der Waals surface area contributed by atoms with E-state index in [0.717, 1.165) is 0 Å². The van der Waals surface area contributed by atoms with Crippen LogP contribution in [0.25, 0.3) is 0 Å². The summed E-state index contributed by atoms with van der Waals surface area (Å²) >= 11 is 6.12. The summed E-state index contributed by atoms with van der Waals surface area (Å²) in [7, 11) is 0. The fraction of sp³-hybridized carbons (Fsp3) is 0.318. The summed E-state index contributed by atoms with van der Waals surface area (Å²) in [5.41, 5.74) is 1.13. The largest absolute Gasteiger partial charge is 0.486 e. The van der Waals surface area contributed by atoms with Gasteiger partial charge in [0.05, 0.1) is 10.6 Å². The molecule has 30 heavy (non-hydrogen) atoms. The molecule has 1 aliphatic heterocycles. The van der Waals surface area contributed by atoms with Crippen molar-refractivity contribution in [2.75, 3.05) is 25.1 Å². The number of halogens is 1. The van der Waals surface area contributed by atoms with Crippen LogP contribution in [0.1, 0.15) is 41.0 Å². The van der Waals surface area contributed by atoms with E-state index < -0.39 is 12.6 Å². The van der Waals surface area contributed by atoms with Crippen LogP contribution in [-0.4, -0.2) is 37.5 Å². The van der Waals surface area contributed by atoms with E-state index in [2.05, 4.69) is 5.32 Å². The van der Waals surface area contributed by atoms with Gasteiger partial charge in [-0.2, -0.15) is 0 Å². The molecule has 3 rings (SSSR count). The number of ether oxygens (including phenoxy) is 3. The van der Waals surface area contributed by atoms with E-state index >= 15 is 0 Å². The Bertz CT molecular complexity index is 955. The van der Waals surface area contributed by atoms with Crippen molar-refractivity contribution in [3.63, 3.8) is 0 Å².